The van der Waals surface area contributed by atoms with Crippen LogP contribution in [0.5, 0.6) is 0 Å². The zero-order chi connectivity index (χ0) is 9.26. The summed E-state index contributed by atoms with van der Waals surface area (Å²) >= 11 is 0. The van der Waals surface area contributed by atoms with Gasteiger partial charge in [0.25, 0.3) is 0 Å². The molecule has 0 fully saturated rings. The Morgan fingerprint density at radius 2 is 2.23 bits per heavy atom. The van der Waals surface area contributed by atoms with Crippen molar-refractivity contribution in [3.05, 3.63) is 35.4 Å². The summed E-state index contributed by atoms with van der Waals surface area (Å²) in [5.41, 5.74) is 1.61. The summed E-state index contributed by atoms with van der Waals surface area (Å²) in [7, 11) is 0. The minimum atomic E-state index is -0.256. The van der Waals surface area contributed by atoms with Gasteiger partial charge in [0.1, 0.15) is 0 Å². The van der Waals surface area contributed by atoms with Crippen LogP contribution >= 0.6 is 0 Å². The molecule has 0 spiro atoms. The number of hydrogen-bond acceptors (Lipinski definition) is 3. The second-order valence-corrected chi connectivity index (χ2v) is 2.93. The van der Waals surface area contributed by atoms with Gasteiger partial charge in [-0.25, -0.2) is 4.79 Å². The molecule has 13 heavy (non-hydrogen) atoms. The lowest BCUT2D eigenvalue weighted by Crippen LogP contribution is -2.20. The zero-order valence-corrected chi connectivity index (χ0v) is 7.41. The van der Waals surface area contributed by atoms with E-state index in [0.717, 1.165) is 12.1 Å². The van der Waals surface area contributed by atoms with Gasteiger partial charge in [0.2, 0.25) is 0 Å². The summed E-state index contributed by atoms with van der Waals surface area (Å²) in [6, 6.07) is 7.45. The fraction of sp³-hybridized carbons (Fsp3) is 0.300. The maximum atomic E-state index is 11.3. The van der Waals surface area contributed by atoms with Gasteiger partial charge in [-0.3, -0.25) is 5.32 Å². The van der Waals surface area contributed by atoms with Crippen molar-refractivity contribution >= 4 is 5.97 Å². The largest absolute Gasteiger partial charge is 0.439 e. The highest BCUT2D eigenvalue weighted by Gasteiger charge is 2.29. The first-order valence-corrected chi connectivity index (χ1v) is 4.36. The highest BCUT2D eigenvalue weighted by atomic mass is 16.6. The third-order valence-electron chi connectivity index (χ3n) is 2.08. The number of hydrogen-bond donors (Lipinski definition) is 1. The number of esters is 1. The minimum Gasteiger partial charge on any atom is -0.439 e. The summed E-state index contributed by atoms with van der Waals surface area (Å²) in [6.45, 7) is 2.76. The first kappa shape index (κ1) is 8.26. The minimum absolute atomic E-state index is 0.235. The third kappa shape index (κ3) is 1.31. The molecule has 0 radical (unpaired) electrons. The Hall–Kier alpha value is -1.35. The van der Waals surface area contributed by atoms with E-state index in [0.29, 0.717) is 5.56 Å². The molecule has 1 aliphatic heterocycles. The Labute approximate surface area is 76.7 Å². The monoisotopic (exact) mass is 177 g/mol. The lowest BCUT2D eigenvalue weighted by atomic mass is 10.1. The predicted octanol–water partition coefficient (Wildman–Crippen LogP) is 1.47. The van der Waals surface area contributed by atoms with Gasteiger partial charge < -0.3 is 4.74 Å². The predicted molar refractivity (Wildman–Crippen MR) is 48.3 cm³/mol. The van der Waals surface area contributed by atoms with Crippen molar-refractivity contribution in [2.45, 2.75) is 13.2 Å². The summed E-state index contributed by atoms with van der Waals surface area (Å²) in [5, 5.41) is 3.09. The highest BCUT2D eigenvalue weighted by molar-refractivity contribution is 5.93. The van der Waals surface area contributed by atoms with Crippen LogP contribution < -0.4 is 5.32 Å². The smallest absolute Gasteiger partial charge is 0.340 e. The van der Waals surface area contributed by atoms with Gasteiger partial charge in [-0.1, -0.05) is 25.1 Å². The fourth-order valence-electron chi connectivity index (χ4n) is 1.48. The van der Waals surface area contributed by atoms with Gasteiger partial charge in [-0.15, -0.1) is 0 Å². The second kappa shape index (κ2) is 3.18. The molecule has 1 N–H and O–H groups in total. The van der Waals surface area contributed by atoms with Gasteiger partial charge in [-0.2, -0.15) is 0 Å². The van der Waals surface area contributed by atoms with E-state index >= 15 is 0 Å². The van der Waals surface area contributed by atoms with Crippen LogP contribution in [-0.4, -0.2) is 12.5 Å². The van der Waals surface area contributed by atoms with E-state index in [1.807, 2.05) is 25.1 Å². The van der Waals surface area contributed by atoms with Crippen LogP contribution in [-0.2, 0) is 4.74 Å². The maximum absolute atomic E-state index is 11.3. The number of benzene rings is 1. The summed E-state index contributed by atoms with van der Waals surface area (Å²) < 4.78 is 5.12. The molecule has 1 aliphatic rings. The van der Waals surface area contributed by atoms with E-state index in [2.05, 4.69) is 5.32 Å². The standard InChI is InChI=1S/C10H11NO2/c1-2-11-9-7-5-3-4-6-8(7)10(12)13-9/h3-6,9,11H,2H2,1H3. The zero-order valence-electron chi connectivity index (χ0n) is 7.41. The average Bonchev–Trinajstić information content (AvgIpc) is 2.46. The van der Waals surface area contributed by atoms with Gasteiger partial charge in [0.15, 0.2) is 6.23 Å². The number of nitrogens with one attached hydrogen (secondary N) is 1. The second-order valence-electron chi connectivity index (χ2n) is 2.93. The van der Waals surface area contributed by atoms with Gasteiger partial charge in [-0.05, 0) is 12.6 Å². The molecule has 2 rings (SSSR count). The molecule has 1 heterocycles. The van der Waals surface area contributed by atoms with Crippen LogP contribution in [0.1, 0.15) is 29.1 Å². The topological polar surface area (TPSA) is 38.3 Å². The normalized spacial score (nSPS) is 19.8. The molecule has 3 nitrogen and oxygen atoms in total. The number of cyclic esters (lactones) is 1. The molecule has 3 heteroatoms. The summed E-state index contributed by atoms with van der Waals surface area (Å²) in [4.78, 5) is 11.3. The molecule has 1 aromatic carbocycles. The molecule has 0 bridgehead atoms. The molecular formula is C10H11NO2. The van der Waals surface area contributed by atoms with Crippen LogP contribution in [0.2, 0.25) is 0 Å². The van der Waals surface area contributed by atoms with E-state index in [1.54, 1.807) is 6.07 Å². The molecule has 0 saturated heterocycles. The van der Waals surface area contributed by atoms with Crippen molar-refractivity contribution in [3.8, 4) is 0 Å². The van der Waals surface area contributed by atoms with Crippen molar-refractivity contribution in [2.75, 3.05) is 6.54 Å². The van der Waals surface area contributed by atoms with Crippen molar-refractivity contribution in [3.63, 3.8) is 0 Å². The summed E-state index contributed by atoms with van der Waals surface area (Å²) in [5.74, 6) is -0.235. The molecular weight excluding hydrogens is 166 g/mol. The molecule has 0 amide bonds. The Bertz CT molecular complexity index is 335. The highest BCUT2D eigenvalue weighted by Crippen LogP contribution is 2.27. The maximum Gasteiger partial charge on any atom is 0.340 e. The van der Waals surface area contributed by atoms with Crippen molar-refractivity contribution in [2.24, 2.45) is 0 Å². The molecule has 68 valence electrons. The van der Waals surface area contributed by atoms with E-state index in [1.165, 1.54) is 0 Å². The van der Waals surface area contributed by atoms with E-state index in [-0.39, 0.29) is 12.2 Å². The number of fused-ring (bicyclic) bond motifs is 1. The quantitative estimate of drug-likeness (QED) is 0.695. The van der Waals surface area contributed by atoms with Gasteiger partial charge in [0.05, 0.1) is 5.56 Å². The summed E-state index contributed by atoms with van der Waals surface area (Å²) in [6.07, 6.45) is -0.256. The van der Waals surface area contributed by atoms with Gasteiger partial charge in [0, 0.05) is 5.56 Å². The Kier molecular flexibility index (Phi) is 2.02. The Balaban J connectivity index is 2.36. The average molecular weight is 177 g/mol. The lowest BCUT2D eigenvalue weighted by Gasteiger charge is -2.10. The van der Waals surface area contributed by atoms with Gasteiger partial charge >= 0.3 is 5.97 Å². The molecule has 0 saturated carbocycles. The first-order chi connectivity index (χ1) is 6.33. The lowest BCUT2D eigenvalue weighted by molar-refractivity contribution is 0.0314. The third-order valence-corrected chi connectivity index (χ3v) is 2.08. The van der Waals surface area contributed by atoms with Crippen molar-refractivity contribution in [1.82, 2.24) is 5.32 Å². The Morgan fingerprint density at radius 3 is 3.00 bits per heavy atom. The van der Waals surface area contributed by atoms with Crippen molar-refractivity contribution < 1.29 is 9.53 Å². The molecule has 0 aliphatic carbocycles. The first-order valence-electron chi connectivity index (χ1n) is 4.36. The molecule has 0 aromatic heterocycles. The number of ether oxygens (including phenoxy) is 1. The number of carbonyl (C=O) groups excluding carboxylic acids is 1. The number of carbonyl (C=O) groups is 1. The van der Waals surface area contributed by atoms with E-state index in [9.17, 15) is 4.79 Å². The van der Waals surface area contributed by atoms with Crippen molar-refractivity contribution in [1.29, 1.82) is 0 Å². The van der Waals surface area contributed by atoms with E-state index in [4.69, 9.17) is 4.74 Å². The molecule has 1 aromatic rings. The molecule has 1 atom stereocenters. The Morgan fingerprint density at radius 1 is 1.46 bits per heavy atom. The molecule has 1 unspecified atom stereocenters. The van der Waals surface area contributed by atoms with Crippen LogP contribution in [0.3, 0.4) is 0 Å². The van der Waals surface area contributed by atoms with Crippen LogP contribution in [0.25, 0.3) is 0 Å². The number of rotatable bonds is 2. The van der Waals surface area contributed by atoms with Crippen LogP contribution in [0.15, 0.2) is 24.3 Å². The fourth-order valence-corrected chi connectivity index (χ4v) is 1.48. The van der Waals surface area contributed by atoms with Crippen LogP contribution in [0, 0.1) is 0 Å². The van der Waals surface area contributed by atoms with E-state index < -0.39 is 0 Å². The van der Waals surface area contributed by atoms with Crippen LogP contribution in [0.4, 0.5) is 0 Å². The SMILES string of the molecule is CCNC1OC(=O)c2ccccc21.